The number of carbonyl (C=O) groups excluding carboxylic acids is 1. The third-order valence-electron chi connectivity index (χ3n) is 4.72. The first-order chi connectivity index (χ1) is 15.6. The molecule has 0 atom stereocenters. The van der Waals surface area contributed by atoms with Crippen molar-refractivity contribution < 1.29 is 15.0 Å². The smallest absolute Gasteiger partial charge is 0.229 e. The van der Waals surface area contributed by atoms with Gasteiger partial charge in [-0.3, -0.25) is 4.79 Å². The van der Waals surface area contributed by atoms with Gasteiger partial charge in [-0.05, 0) is 65.6 Å². The van der Waals surface area contributed by atoms with Gasteiger partial charge in [0.1, 0.15) is 23.0 Å². The zero-order valence-electron chi connectivity index (χ0n) is 17.1. The monoisotopic (exact) mass is 423 g/mol. The fourth-order valence-corrected chi connectivity index (χ4v) is 3.08. The van der Waals surface area contributed by atoms with Crippen molar-refractivity contribution in [3.05, 3.63) is 113 Å². The summed E-state index contributed by atoms with van der Waals surface area (Å²) in [6.07, 6.45) is 1.88. The van der Waals surface area contributed by atoms with Crippen LogP contribution >= 0.6 is 0 Å². The molecular weight excluding hydrogens is 402 g/mol. The molecule has 5 N–H and O–H groups in total. The van der Waals surface area contributed by atoms with Gasteiger partial charge >= 0.3 is 0 Å². The number of allylic oxidation sites excluding steroid dienone is 1. The molecule has 0 unspecified atom stereocenters. The molecule has 0 radical (unpaired) electrons. The minimum absolute atomic E-state index is 0.152. The standard InChI is InChI=1S/C26H21N3O3/c30-21-11-6-19(7-12-21)16-25(32)29-26-23(15-8-18-4-2-1-3-5-18)28-24(17-27-26)20-9-13-22(31)14-10-20/h1-7,9-14,17,27-28,30-31H,16H2,(H,29,32). The SMILES string of the molecule is O=C(Cc1ccc(O)cc1)NC1=C(C#Cc2ccccc2)NC(c2ccc(O)cc2)=CN1. The van der Waals surface area contributed by atoms with Crippen molar-refractivity contribution >= 4 is 11.6 Å². The highest BCUT2D eigenvalue weighted by atomic mass is 16.3. The van der Waals surface area contributed by atoms with E-state index in [4.69, 9.17) is 0 Å². The molecule has 3 aromatic rings. The molecule has 0 aromatic heterocycles. The van der Waals surface area contributed by atoms with Crippen LogP contribution in [-0.2, 0) is 11.2 Å². The summed E-state index contributed by atoms with van der Waals surface area (Å²) < 4.78 is 0. The zero-order valence-corrected chi connectivity index (χ0v) is 17.1. The Morgan fingerprint density at radius 1 is 0.844 bits per heavy atom. The van der Waals surface area contributed by atoms with E-state index in [-0.39, 0.29) is 23.8 Å². The van der Waals surface area contributed by atoms with Crippen molar-refractivity contribution in [1.82, 2.24) is 16.0 Å². The number of aromatic hydroxyl groups is 2. The van der Waals surface area contributed by atoms with Crippen LogP contribution in [0.4, 0.5) is 0 Å². The van der Waals surface area contributed by atoms with Crippen LogP contribution in [0.25, 0.3) is 5.70 Å². The van der Waals surface area contributed by atoms with Crippen LogP contribution in [0, 0.1) is 11.8 Å². The van der Waals surface area contributed by atoms with E-state index in [0.717, 1.165) is 22.4 Å². The molecular formula is C26H21N3O3. The number of phenols is 2. The van der Waals surface area contributed by atoms with Crippen LogP contribution in [0.3, 0.4) is 0 Å². The Balaban J connectivity index is 1.57. The molecule has 32 heavy (non-hydrogen) atoms. The lowest BCUT2D eigenvalue weighted by molar-refractivity contribution is -0.119. The Labute approximate surface area is 185 Å². The maximum Gasteiger partial charge on any atom is 0.229 e. The average molecular weight is 423 g/mol. The largest absolute Gasteiger partial charge is 0.508 e. The topological polar surface area (TPSA) is 93.6 Å². The Morgan fingerprint density at radius 3 is 2.19 bits per heavy atom. The van der Waals surface area contributed by atoms with Crippen LogP contribution in [-0.4, -0.2) is 16.1 Å². The maximum atomic E-state index is 12.6. The summed E-state index contributed by atoms with van der Waals surface area (Å²) in [6.45, 7) is 0. The van der Waals surface area contributed by atoms with Gasteiger partial charge in [-0.15, -0.1) is 0 Å². The molecule has 1 amide bonds. The minimum Gasteiger partial charge on any atom is -0.508 e. The number of hydrogen-bond acceptors (Lipinski definition) is 5. The highest BCUT2D eigenvalue weighted by molar-refractivity contribution is 5.81. The normalized spacial score (nSPS) is 12.6. The first-order valence-corrected chi connectivity index (χ1v) is 9.99. The summed E-state index contributed by atoms with van der Waals surface area (Å²) in [7, 11) is 0. The summed E-state index contributed by atoms with van der Waals surface area (Å²) in [5.41, 5.74) is 3.74. The van der Waals surface area contributed by atoms with Crippen molar-refractivity contribution in [2.24, 2.45) is 0 Å². The van der Waals surface area contributed by atoms with E-state index >= 15 is 0 Å². The number of amides is 1. The number of hydrogen-bond donors (Lipinski definition) is 5. The Morgan fingerprint density at radius 2 is 1.50 bits per heavy atom. The quantitative estimate of drug-likeness (QED) is 0.416. The predicted octanol–water partition coefficient (Wildman–Crippen LogP) is 3.17. The number of nitrogens with one attached hydrogen (secondary N) is 3. The number of carbonyl (C=O) groups is 1. The van der Waals surface area contributed by atoms with E-state index < -0.39 is 0 Å². The molecule has 0 spiro atoms. The number of rotatable bonds is 4. The van der Waals surface area contributed by atoms with Gasteiger partial charge in [-0.2, -0.15) is 0 Å². The van der Waals surface area contributed by atoms with Gasteiger partial charge in [-0.25, -0.2) is 0 Å². The fourth-order valence-electron chi connectivity index (χ4n) is 3.08. The van der Waals surface area contributed by atoms with Crippen molar-refractivity contribution in [2.75, 3.05) is 0 Å². The van der Waals surface area contributed by atoms with Crippen molar-refractivity contribution in [3.63, 3.8) is 0 Å². The molecule has 1 aliphatic rings. The summed E-state index contributed by atoms with van der Waals surface area (Å²) in [6, 6.07) is 22.8. The second-order valence-corrected chi connectivity index (χ2v) is 7.13. The summed E-state index contributed by atoms with van der Waals surface area (Å²) in [4.78, 5) is 12.6. The van der Waals surface area contributed by atoms with Gasteiger partial charge in [0.05, 0.1) is 12.1 Å². The van der Waals surface area contributed by atoms with Crippen LogP contribution in [0.15, 0.2) is 96.6 Å². The van der Waals surface area contributed by atoms with Gasteiger partial charge in [-0.1, -0.05) is 36.3 Å². The second kappa shape index (κ2) is 9.45. The van der Waals surface area contributed by atoms with Gasteiger partial charge in [0.2, 0.25) is 5.91 Å². The lowest BCUT2D eigenvalue weighted by Gasteiger charge is -2.22. The number of benzene rings is 3. The molecule has 3 aromatic carbocycles. The molecule has 6 heteroatoms. The Hall–Kier alpha value is -4.63. The molecule has 0 saturated carbocycles. The second-order valence-electron chi connectivity index (χ2n) is 7.13. The van der Waals surface area contributed by atoms with E-state index in [1.807, 2.05) is 30.3 Å². The van der Waals surface area contributed by atoms with E-state index in [0.29, 0.717) is 11.5 Å². The molecule has 0 fully saturated rings. The van der Waals surface area contributed by atoms with E-state index in [1.54, 1.807) is 54.7 Å². The van der Waals surface area contributed by atoms with Crippen LogP contribution in [0.5, 0.6) is 11.5 Å². The molecule has 1 heterocycles. The molecule has 6 nitrogen and oxygen atoms in total. The highest BCUT2D eigenvalue weighted by Gasteiger charge is 2.16. The Kier molecular flexibility index (Phi) is 6.10. The lowest BCUT2D eigenvalue weighted by Crippen LogP contribution is -2.37. The van der Waals surface area contributed by atoms with Gasteiger partial charge in [0.15, 0.2) is 0 Å². The van der Waals surface area contributed by atoms with Crippen molar-refractivity contribution in [1.29, 1.82) is 0 Å². The first kappa shape index (κ1) is 20.6. The predicted molar refractivity (Wildman–Crippen MR) is 123 cm³/mol. The summed E-state index contributed by atoms with van der Waals surface area (Å²) in [5, 5.41) is 28.2. The number of phenolic OH excluding ortho intramolecular Hbond substituents is 2. The molecule has 0 saturated heterocycles. The third-order valence-corrected chi connectivity index (χ3v) is 4.72. The van der Waals surface area contributed by atoms with Crippen molar-refractivity contribution in [2.45, 2.75) is 6.42 Å². The Bertz CT molecular complexity index is 1230. The van der Waals surface area contributed by atoms with E-state index in [1.165, 1.54) is 0 Å². The lowest BCUT2D eigenvalue weighted by atomic mass is 10.1. The summed E-state index contributed by atoms with van der Waals surface area (Å²) >= 11 is 0. The molecule has 158 valence electrons. The molecule has 0 aliphatic carbocycles. The third kappa shape index (κ3) is 5.29. The van der Waals surface area contributed by atoms with Crippen LogP contribution in [0.1, 0.15) is 16.7 Å². The molecule has 0 bridgehead atoms. The summed E-state index contributed by atoms with van der Waals surface area (Å²) in [5.74, 6) is 6.75. The van der Waals surface area contributed by atoms with Gasteiger partial charge in [0, 0.05) is 11.8 Å². The van der Waals surface area contributed by atoms with Crippen LogP contribution in [0.2, 0.25) is 0 Å². The molecule has 1 aliphatic heterocycles. The average Bonchev–Trinajstić information content (AvgIpc) is 2.81. The minimum atomic E-state index is -0.222. The van der Waals surface area contributed by atoms with E-state index in [9.17, 15) is 15.0 Å². The van der Waals surface area contributed by atoms with Crippen molar-refractivity contribution in [3.8, 4) is 23.3 Å². The highest BCUT2D eigenvalue weighted by Crippen LogP contribution is 2.19. The molecule has 4 rings (SSSR count). The first-order valence-electron chi connectivity index (χ1n) is 9.99. The van der Waals surface area contributed by atoms with E-state index in [2.05, 4.69) is 27.8 Å². The maximum absolute atomic E-state index is 12.6. The van der Waals surface area contributed by atoms with Gasteiger partial charge < -0.3 is 26.2 Å². The fraction of sp³-hybridized carbons (Fsp3) is 0.0385. The zero-order chi connectivity index (χ0) is 22.3. The van der Waals surface area contributed by atoms with Gasteiger partial charge in [0.25, 0.3) is 0 Å². The van der Waals surface area contributed by atoms with Crippen LogP contribution < -0.4 is 16.0 Å².